The molecular formula is C22H28NO2Rb. The Morgan fingerprint density at radius 2 is 1.35 bits per heavy atom. The van der Waals surface area contributed by atoms with Crippen LogP contribution in [0.5, 0.6) is 23.0 Å². The number of ether oxygens (including phenoxy) is 2. The number of fused-ring (bicyclic) bond motifs is 2. The third kappa shape index (κ3) is 6.38. The number of benzene rings is 2. The maximum absolute atomic E-state index is 7.63. The first-order valence-corrected chi connectivity index (χ1v) is 8.86. The molecule has 0 radical (unpaired) electrons. The summed E-state index contributed by atoms with van der Waals surface area (Å²) in [6.07, 6.45) is 6.13. The average molecular weight is 424 g/mol. The molecule has 2 aromatic rings. The molecule has 0 aliphatic carbocycles. The molecule has 0 saturated heterocycles. The topological polar surface area (TPSA) is 42.3 Å². The normalized spacial score (nSPS) is 11.2. The maximum atomic E-state index is 7.63. The Bertz CT molecular complexity index is 752. The van der Waals surface area contributed by atoms with Gasteiger partial charge in [-0.25, -0.2) is 0 Å². The van der Waals surface area contributed by atoms with E-state index in [-0.39, 0.29) is 58.2 Å². The van der Waals surface area contributed by atoms with Gasteiger partial charge in [-0.15, -0.1) is 5.69 Å². The summed E-state index contributed by atoms with van der Waals surface area (Å²) in [5.41, 5.74) is 10.3. The van der Waals surface area contributed by atoms with Crippen LogP contribution in [0.3, 0.4) is 0 Å². The first-order chi connectivity index (χ1) is 12.2. The molecule has 0 amide bonds. The van der Waals surface area contributed by atoms with E-state index < -0.39 is 0 Å². The van der Waals surface area contributed by atoms with Gasteiger partial charge in [0.25, 0.3) is 0 Å². The third-order valence-corrected chi connectivity index (χ3v) is 3.32. The van der Waals surface area contributed by atoms with Crippen molar-refractivity contribution in [1.82, 2.24) is 0 Å². The van der Waals surface area contributed by atoms with Gasteiger partial charge >= 0.3 is 58.2 Å². The monoisotopic (exact) mass is 423 g/mol. The van der Waals surface area contributed by atoms with Crippen LogP contribution in [0.4, 0.5) is 5.69 Å². The minimum Gasteiger partial charge on any atom is -0.699 e. The number of hydrogen-bond acceptors (Lipinski definition) is 2. The van der Waals surface area contributed by atoms with Gasteiger partial charge < -0.3 is 15.2 Å². The SMILES string of the molecule is C/C=C\C(=C/C)c1ccc2c(c1)Oc1ccc([NH-])cc1O2.CC.CC.[Rb+]. The van der Waals surface area contributed by atoms with Crippen LogP contribution < -0.4 is 67.7 Å². The van der Waals surface area contributed by atoms with Gasteiger partial charge in [-0.1, -0.05) is 58.1 Å². The summed E-state index contributed by atoms with van der Waals surface area (Å²) in [6.45, 7) is 12.0. The summed E-state index contributed by atoms with van der Waals surface area (Å²) in [4.78, 5) is 0. The molecule has 134 valence electrons. The number of allylic oxidation sites excluding steroid dienone is 4. The zero-order valence-electron chi connectivity index (χ0n) is 17.0. The van der Waals surface area contributed by atoms with Gasteiger partial charge in [-0.2, -0.15) is 0 Å². The molecule has 2 aromatic carbocycles. The van der Waals surface area contributed by atoms with Crippen molar-refractivity contribution in [3.05, 3.63) is 65.9 Å². The molecular weight excluding hydrogens is 396 g/mol. The zero-order chi connectivity index (χ0) is 18.8. The molecule has 0 atom stereocenters. The van der Waals surface area contributed by atoms with E-state index >= 15 is 0 Å². The molecule has 1 heterocycles. The Kier molecular flexibility index (Phi) is 12.9. The Labute approximate surface area is 207 Å². The third-order valence-electron chi connectivity index (χ3n) is 3.32. The van der Waals surface area contributed by atoms with E-state index in [0.717, 1.165) is 11.1 Å². The van der Waals surface area contributed by atoms with Crippen molar-refractivity contribution in [2.45, 2.75) is 41.5 Å². The summed E-state index contributed by atoms with van der Waals surface area (Å²) >= 11 is 0. The van der Waals surface area contributed by atoms with Crippen LogP contribution in [0.25, 0.3) is 11.3 Å². The van der Waals surface area contributed by atoms with Crippen LogP contribution in [0.2, 0.25) is 0 Å². The van der Waals surface area contributed by atoms with Crippen molar-refractivity contribution in [3.63, 3.8) is 0 Å². The van der Waals surface area contributed by atoms with Crippen molar-refractivity contribution in [1.29, 1.82) is 0 Å². The molecule has 0 unspecified atom stereocenters. The van der Waals surface area contributed by atoms with Gasteiger partial charge in [0, 0.05) is 0 Å². The van der Waals surface area contributed by atoms with Crippen molar-refractivity contribution in [2.75, 3.05) is 0 Å². The molecule has 0 aromatic heterocycles. The van der Waals surface area contributed by atoms with Gasteiger partial charge in [0.2, 0.25) is 0 Å². The quantitative estimate of drug-likeness (QED) is 0.524. The van der Waals surface area contributed by atoms with Crippen molar-refractivity contribution in [2.24, 2.45) is 0 Å². The molecule has 4 heteroatoms. The molecule has 1 aliphatic rings. The average Bonchev–Trinajstić information content (AvgIpc) is 2.67. The first kappa shape index (κ1) is 25.1. The van der Waals surface area contributed by atoms with Gasteiger partial charge in [0.15, 0.2) is 23.0 Å². The van der Waals surface area contributed by atoms with Gasteiger partial charge in [0.05, 0.1) is 0 Å². The van der Waals surface area contributed by atoms with Crippen molar-refractivity contribution >= 4 is 11.3 Å². The van der Waals surface area contributed by atoms with Gasteiger partial charge in [0.1, 0.15) is 0 Å². The number of rotatable bonds is 2. The van der Waals surface area contributed by atoms with Crippen molar-refractivity contribution < 1.29 is 67.7 Å². The second-order valence-electron chi connectivity index (χ2n) is 4.77. The zero-order valence-corrected chi connectivity index (χ0v) is 21.9. The van der Waals surface area contributed by atoms with Crippen LogP contribution >= 0.6 is 0 Å². The minimum atomic E-state index is 0. The molecule has 0 fully saturated rings. The Morgan fingerprint density at radius 1 is 0.808 bits per heavy atom. The fourth-order valence-corrected chi connectivity index (χ4v) is 2.30. The van der Waals surface area contributed by atoms with Crippen LogP contribution in [0.15, 0.2) is 54.6 Å². The second-order valence-corrected chi connectivity index (χ2v) is 4.77. The van der Waals surface area contributed by atoms with E-state index in [2.05, 4.69) is 12.2 Å². The first-order valence-electron chi connectivity index (χ1n) is 8.86. The van der Waals surface area contributed by atoms with Crippen LogP contribution in [0, 0.1) is 0 Å². The van der Waals surface area contributed by atoms with Crippen molar-refractivity contribution in [3.8, 4) is 23.0 Å². The van der Waals surface area contributed by atoms with Gasteiger partial charge in [-0.3, -0.25) is 0 Å². The van der Waals surface area contributed by atoms with E-state index in [1.165, 1.54) is 0 Å². The molecule has 26 heavy (non-hydrogen) atoms. The van der Waals surface area contributed by atoms with Crippen LogP contribution in [0.1, 0.15) is 47.1 Å². The fraction of sp³-hybridized carbons (Fsp3) is 0.273. The predicted molar refractivity (Wildman–Crippen MR) is 108 cm³/mol. The molecule has 0 bridgehead atoms. The van der Waals surface area contributed by atoms with Crippen LogP contribution in [-0.4, -0.2) is 0 Å². The summed E-state index contributed by atoms with van der Waals surface area (Å²) in [5, 5.41) is 0. The fourth-order valence-electron chi connectivity index (χ4n) is 2.30. The Balaban J connectivity index is 0.00000117. The molecule has 0 spiro atoms. The molecule has 0 saturated carbocycles. The number of hydrogen-bond donors (Lipinski definition) is 0. The standard InChI is InChI=1S/C18H16NO2.2C2H6.Rb/c1-3-5-12(4-2)13-6-8-15-17(10-13)20-16-9-7-14(19)11-18(16)21-15;2*1-2;/h3-11,19H,1-2H3;2*1-2H3;/q-1;;;+1/b5-3-,12-4+;;;. The minimum absolute atomic E-state index is 0. The molecule has 1 N–H and O–H groups in total. The smallest absolute Gasteiger partial charge is 0.699 e. The molecule has 3 nitrogen and oxygen atoms in total. The summed E-state index contributed by atoms with van der Waals surface area (Å²) < 4.78 is 11.7. The molecule has 3 rings (SSSR count). The largest absolute Gasteiger partial charge is 1.00 e. The maximum Gasteiger partial charge on any atom is 1.00 e. The van der Waals surface area contributed by atoms with Crippen LogP contribution in [-0.2, 0) is 0 Å². The van der Waals surface area contributed by atoms with E-state index in [0.29, 0.717) is 28.7 Å². The van der Waals surface area contributed by atoms with E-state index in [1.54, 1.807) is 18.2 Å². The van der Waals surface area contributed by atoms with E-state index in [9.17, 15) is 0 Å². The Morgan fingerprint density at radius 3 is 1.88 bits per heavy atom. The second kappa shape index (κ2) is 13.3. The van der Waals surface area contributed by atoms with E-state index in [1.807, 2.05) is 65.8 Å². The predicted octanol–water partition coefficient (Wildman–Crippen LogP) is 5.30. The Hall–Kier alpha value is -0.875. The summed E-state index contributed by atoms with van der Waals surface area (Å²) in [5.74, 6) is 2.60. The number of nitrogens with one attached hydrogen (secondary N) is 1. The van der Waals surface area contributed by atoms with E-state index in [4.69, 9.17) is 15.2 Å². The molecule has 1 aliphatic heterocycles. The summed E-state index contributed by atoms with van der Waals surface area (Å²) in [6, 6.07) is 11.0. The van der Waals surface area contributed by atoms with Gasteiger partial charge in [-0.05, 0) is 49.2 Å². The summed E-state index contributed by atoms with van der Waals surface area (Å²) in [7, 11) is 0.